The summed E-state index contributed by atoms with van der Waals surface area (Å²) in [5, 5.41) is 12.1. The average Bonchev–Trinajstić information content (AvgIpc) is 2.61. The summed E-state index contributed by atoms with van der Waals surface area (Å²) in [5.74, 6) is 0.436. The van der Waals surface area contributed by atoms with Gasteiger partial charge >= 0.3 is 0 Å². The minimum atomic E-state index is -0.0880. The van der Waals surface area contributed by atoms with E-state index in [1.165, 1.54) is 6.33 Å². The summed E-state index contributed by atoms with van der Waals surface area (Å²) < 4.78 is 0. The first-order valence-corrected chi connectivity index (χ1v) is 8.06. The van der Waals surface area contributed by atoms with Gasteiger partial charge < -0.3 is 10.2 Å². The van der Waals surface area contributed by atoms with E-state index < -0.39 is 0 Å². The average molecular weight is 323 g/mol. The van der Waals surface area contributed by atoms with Gasteiger partial charge in [-0.05, 0) is 31.0 Å². The van der Waals surface area contributed by atoms with Gasteiger partial charge in [-0.1, -0.05) is 19.9 Å². The summed E-state index contributed by atoms with van der Waals surface area (Å²) in [6, 6.07) is 10.8. The molecule has 24 heavy (non-hydrogen) atoms. The fourth-order valence-electron chi connectivity index (χ4n) is 2.37. The summed E-state index contributed by atoms with van der Waals surface area (Å²) in [7, 11) is 0. The summed E-state index contributed by atoms with van der Waals surface area (Å²) in [5.41, 5.74) is 1.67. The molecule has 0 aliphatic heterocycles. The monoisotopic (exact) mass is 323 g/mol. The normalized spacial score (nSPS) is 10.0. The van der Waals surface area contributed by atoms with Gasteiger partial charge in [0.1, 0.15) is 17.8 Å². The number of hydrogen-bond donors (Lipinski definition) is 1. The molecule has 6 heteroatoms. The van der Waals surface area contributed by atoms with Crippen molar-refractivity contribution in [2.45, 2.75) is 26.7 Å². The minimum Gasteiger partial charge on any atom is -0.340 e. The Kier molecular flexibility index (Phi) is 6.26. The van der Waals surface area contributed by atoms with Crippen LogP contribution < -0.4 is 5.32 Å². The summed E-state index contributed by atoms with van der Waals surface area (Å²) in [4.78, 5) is 22.7. The highest BCUT2D eigenvalue weighted by Gasteiger charge is 2.16. The van der Waals surface area contributed by atoms with Gasteiger partial charge in [0, 0.05) is 24.8 Å². The van der Waals surface area contributed by atoms with E-state index in [0.717, 1.165) is 18.5 Å². The van der Waals surface area contributed by atoms with Crippen LogP contribution in [0.15, 0.2) is 36.7 Å². The molecule has 0 saturated heterocycles. The molecule has 0 fully saturated rings. The molecule has 1 amide bonds. The molecule has 0 radical (unpaired) electrons. The van der Waals surface area contributed by atoms with Crippen LogP contribution in [0.3, 0.4) is 0 Å². The number of nitriles is 1. The minimum absolute atomic E-state index is 0.0880. The first-order chi connectivity index (χ1) is 11.7. The van der Waals surface area contributed by atoms with E-state index in [-0.39, 0.29) is 5.91 Å². The van der Waals surface area contributed by atoms with Crippen LogP contribution in [0, 0.1) is 11.3 Å². The predicted octanol–water partition coefficient (Wildman–Crippen LogP) is 3.35. The maximum atomic E-state index is 12.6. The second-order valence-corrected chi connectivity index (χ2v) is 5.40. The van der Waals surface area contributed by atoms with Crippen molar-refractivity contribution < 1.29 is 4.79 Å². The van der Waals surface area contributed by atoms with Gasteiger partial charge in [0.25, 0.3) is 5.91 Å². The summed E-state index contributed by atoms with van der Waals surface area (Å²) >= 11 is 0. The number of carbonyl (C=O) groups is 1. The number of aromatic nitrogens is 2. The fraction of sp³-hybridized carbons (Fsp3) is 0.333. The van der Waals surface area contributed by atoms with Crippen LogP contribution in [-0.4, -0.2) is 33.9 Å². The number of amides is 1. The largest absolute Gasteiger partial charge is 0.340 e. The number of nitrogens with one attached hydrogen (secondary N) is 1. The highest BCUT2D eigenvalue weighted by molar-refractivity contribution is 5.93. The van der Waals surface area contributed by atoms with Crippen molar-refractivity contribution in [3.05, 3.63) is 47.9 Å². The fourth-order valence-corrected chi connectivity index (χ4v) is 2.37. The van der Waals surface area contributed by atoms with Gasteiger partial charge in [0.15, 0.2) is 0 Å². The topological polar surface area (TPSA) is 81.9 Å². The van der Waals surface area contributed by atoms with Gasteiger partial charge in [-0.25, -0.2) is 9.97 Å². The van der Waals surface area contributed by atoms with E-state index in [0.29, 0.717) is 30.2 Å². The zero-order chi connectivity index (χ0) is 17.4. The molecule has 0 unspecified atom stereocenters. The lowest BCUT2D eigenvalue weighted by Crippen LogP contribution is -2.33. The first kappa shape index (κ1) is 17.4. The number of benzene rings is 1. The molecule has 0 saturated carbocycles. The van der Waals surface area contributed by atoms with Crippen molar-refractivity contribution >= 4 is 17.4 Å². The SMILES string of the molecule is CCCN(CCC)C(=O)c1cc(Nc2cccc(C#N)c2)ncn1. The van der Waals surface area contributed by atoms with Crippen LogP contribution in [-0.2, 0) is 0 Å². The van der Waals surface area contributed by atoms with Crippen LogP contribution in [0.25, 0.3) is 0 Å². The van der Waals surface area contributed by atoms with Crippen LogP contribution in [0.1, 0.15) is 42.7 Å². The molecule has 1 heterocycles. The van der Waals surface area contributed by atoms with Crippen LogP contribution >= 0.6 is 0 Å². The predicted molar refractivity (Wildman–Crippen MR) is 93.0 cm³/mol. The molecule has 0 aliphatic rings. The zero-order valence-corrected chi connectivity index (χ0v) is 14.0. The van der Waals surface area contributed by atoms with Gasteiger partial charge in [0.05, 0.1) is 11.6 Å². The summed E-state index contributed by atoms with van der Waals surface area (Å²) in [6.07, 6.45) is 3.19. The van der Waals surface area contributed by atoms with E-state index in [2.05, 4.69) is 21.4 Å². The number of nitrogens with zero attached hydrogens (tertiary/aromatic N) is 4. The molecule has 1 aromatic carbocycles. The van der Waals surface area contributed by atoms with Crippen molar-refractivity contribution in [1.29, 1.82) is 5.26 Å². The Morgan fingerprint density at radius 3 is 2.62 bits per heavy atom. The van der Waals surface area contributed by atoms with Gasteiger partial charge in [-0.2, -0.15) is 5.26 Å². The Hall–Kier alpha value is -2.94. The van der Waals surface area contributed by atoms with Gasteiger partial charge in [-0.15, -0.1) is 0 Å². The van der Waals surface area contributed by atoms with Crippen molar-refractivity contribution in [3.63, 3.8) is 0 Å². The molecule has 1 N–H and O–H groups in total. The van der Waals surface area contributed by atoms with Crippen LogP contribution in [0.5, 0.6) is 0 Å². The van der Waals surface area contributed by atoms with Crippen molar-refractivity contribution in [2.24, 2.45) is 0 Å². The van der Waals surface area contributed by atoms with E-state index in [1.807, 2.05) is 24.8 Å². The first-order valence-electron chi connectivity index (χ1n) is 8.06. The molecule has 1 aromatic heterocycles. The third-order valence-corrected chi connectivity index (χ3v) is 3.42. The van der Waals surface area contributed by atoms with Gasteiger partial charge in [-0.3, -0.25) is 4.79 Å². The Bertz CT molecular complexity index is 732. The molecule has 2 rings (SSSR count). The highest BCUT2D eigenvalue weighted by Crippen LogP contribution is 2.16. The van der Waals surface area contributed by atoms with Crippen molar-refractivity contribution in [2.75, 3.05) is 18.4 Å². The quantitative estimate of drug-likeness (QED) is 0.845. The second kappa shape index (κ2) is 8.63. The van der Waals surface area contributed by atoms with E-state index >= 15 is 0 Å². The molecule has 6 nitrogen and oxygen atoms in total. The molecule has 0 spiro atoms. The maximum Gasteiger partial charge on any atom is 0.272 e. The highest BCUT2D eigenvalue weighted by atomic mass is 16.2. The summed E-state index contributed by atoms with van der Waals surface area (Å²) in [6.45, 7) is 5.52. The Balaban J connectivity index is 2.18. The second-order valence-electron chi connectivity index (χ2n) is 5.40. The molecule has 0 aliphatic carbocycles. The number of hydrogen-bond acceptors (Lipinski definition) is 5. The van der Waals surface area contributed by atoms with E-state index in [9.17, 15) is 4.79 Å². The number of anilines is 2. The lowest BCUT2D eigenvalue weighted by molar-refractivity contribution is 0.0749. The smallest absolute Gasteiger partial charge is 0.272 e. The maximum absolute atomic E-state index is 12.6. The molecule has 0 atom stereocenters. The lowest BCUT2D eigenvalue weighted by atomic mass is 10.2. The molecule has 0 bridgehead atoms. The standard InChI is InChI=1S/C18H21N5O/c1-3-8-23(9-4-2)18(24)16-11-17(21-13-20-16)22-15-7-5-6-14(10-15)12-19/h5-7,10-11,13H,3-4,8-9H2,1-2H3,(H,20,21,22). The zero-order valence-electron chi connectivity index (χ0n) is 14.0. The van der Waals surface area contributed by atoms with E-state index in [4.69, 9.17) is 5.26 Å². The Morgan fingerprint density at radius 2 is 1.96 bits per heavy atom. The van der Waals surface area contributed by atoms with Crippen molar-refractivity contribution in [1.82, 2.24) is 14.9 Å². The van der Waals surface area contributed by atoms with E-state index in [1.54, 1.807) is 24.3 Å². The van der Waals surface area contributed by atoms with Gasteiger partial charge in [0.2, 0.25) is 0 Å². The Morgan fingerprint density at radius 1 is 1.21 bits per heavy atom. The molecule has 2 aromatic rings. The third-order valence-electron chi connectivity index (χ3n) is 3.42. The Labute approximate surface area is 142 Å². The number of rotatable bonds is 7. The molecule has 124 valence electrons. The number of carbonyl (C=O) groups excluding carboxylic acids is 1. The van der Waals surface area contributed by atoms with Crippen LogP contribution in [0.4, 0.5) is 11.5 Å². The lowest BCUT2D eigenvalue weighted by Gasteiger charge is -2.21. The molecular formula is C18H21N5O. The van der Waals surface area contributed by atoms with Crippen LogP contribution in [0.2, 0.25) is 0 Å². The third kappa shape index (κ3) is 4.53. The molecular weight excluding hydrogens is 302 g/mol. The van der Waals surface area contributed by atoms with Crippen molar-refractivity contribution in [3.8, 4) is 6.07 Å².